The number of allylic oxidation sites excluding steroid dienone is 4. The highest BCUT2D eigenvalue weighted by molar-refractivity contribution is 5.76. The molecule has 0 aromatic rings. The van der Waals surface area contributed by atoms with Gasteiger partial charge in [0.1, 0.15) is 0 Å². The predicted molar refractivity (Wildman–Crippen MR) is 320 cm³/mol. The number of aliphatic hydroxyl groups is 2. The number of nitrogens with one attached hydrogen (secondary N) is 1. The van der Waals surface area contributed by atoms with Crippen LogP contribution < -0.4 is 5.32 Å². The fourth-order valence-electron chi connectivity index (χ4n) is 10.4. The van der Waals surface area contributed by atoms with E-state index in [9.17, 15) is 19.8 Å². The molecule has 432 valence electrons. The molecule has 2 unspecified atom stereocenters. The lowest BCUT2D eigenvalue weighted by Gasteiger charge is -2.22. The van der Waals surface area contributed by atoms with Gasteiger partial charge >= 0.3 is 5.97 Å². The summed E-state index contributed by atoms with van der Waals surface area (Å²) in [4.78, 5) is 24.6. The summed E-state index contributed by atoms with van der Waals surface area (Å²) < 4.78 is 5.49. The highest BCUT2D eigenvalue weighted by Gasteiger charge is 2.20. The number of esters is 1. The summed E-state index contributed by atoms with van der Waals surface area (Å²) >= 11 is 0. The van der Waals surface area contributed by atoms with E-state index >= 15 is 0 Å². The minimum atomic E-state index is -0.670. The van der Waals surface area contributed by atoms with Crippen LogP contribution in [0.5, 0.6) is 0 Å². The monoisotopic (exact) mass is 1030 g/mol. The average Bonchev–Trinajstić information content (AvgIpc) is 3.39. The van der Waals surface area contributed by atoms with Crippen LogP contribution in [0.4, 0.5) is 0 Å². The minimum absolute atomic E-state index is 0.00562. The zero-order valence-corrected chi connectivity index (χ0v) is 49.4. The van der Waals surface area contributed by atoms with Crippen LogP contribution in [-0.2, 0) is 14.3 Å². The van der Waals surface area contributed by atoms with Crippen molar-refractivity contribution in [1.82, 2.24) is 5.32 Å². The van der Waals surface area contributed by atoms with E-state index in [1.165, 1.54) is 289 Å². The largest absolute Gasteiger partial charge is 0.466 e. The summed E-state index contributed by atoms with van der Waals surface area (Å²) in [5.74, 6) is -0.0341. The SMILES string of the molecule is CCCCCCCC/C=C\CCCCCCCCCC(=O)OCCCCCCCCCCCC/C=C\CCCCCCCCCC(=O)NC(CO)C(O)CCCCCCCCCCCCCCCCCCCC. The van der Waals surface area contributed by atoms with Crippen molar-refractivity contribution in [2.75, 3.05) is 13.2 Å². The average molecular weight is 1030 g/mol. The zero-order chi connectivity index (χ0) is 52.9. The summed E-state index contributed by atoms with van der Waals surface area (Å²) in [5.41, 5.74) is 0. The molecule has 0 aliphatic carbocycles. The van der Waals surface area contributed by atoms with E-state index in [-0.39, 0.29) is 18.5 Å². The molecule has 0 fully saturated rings. The Morgan fingerprint density at radius 2 is 0.644 bits per heavy atom. The second-order valence-corrected chi connectivity index (χ2v) is 22.8. The number of aliphatic hydroxyl groups excluding tert-OH is 2. The molecular weight excluding hydrogens is 899 g/mol. The first-order chi connectivity index (χ1) is 36.0. The van der Waals surface area contributed by atoms with Crippen LogP contribution in [0.3, 0.4) is 0 Å². The maximum atomic E-state index is 12.5. The third-order valence-corrected chi connectivity index (χ3v) is 15.5. The Bertz CT molecular complexity index is 1140. The molecule has 3 N–H and O–H groups in total. The number of rotatable bonds is 62. The number of carbonyl (C=O) groups excluding carboxylic acids is 2. The van der Waals surface area contributed by atoms with Crippen molar-refractivity contribution in [1.29, 1.82) is 0 Å². The third kappa shape index (κ3) is 59.4. The number of carbonyl (C=O) groups is 2. The number of ether oxygens (including phenoxy) is 1. The molecule has 1 amide bonds. The van der Waals surface area contributed by atoms with Gasteiger partial charge in [-0.3, -0.25) is 9.59 Å². The Morgan fingerprint density at radius 3 is 0.973 bits per heavy atom. The molecule has 0 aliphatic heterocycles. The Balaban J connectivity index is 3.41. The minimum Gasteiger partial charge on any atom is -0.466 e. The third-order valence-electron chi connectivity index (χ3n) is 15.5. The smallest absolute Gasteiger partial charge is 0.305 e. The van der Waals surface area contributed by atoms with Gasteiger partial charge in [0.05, 0.1) is 25.4 Å². The number of hydrogen-bond donors (Lipinski definition) is 3. The Hall–Kier alpha value is -1.66. The lowest BCUT2D eigenvalue weighted by molar-refractivity contribution is -0.143. The Kier molecular flexibility index (Phi) is 61.4. The first-order valence-electron chi connectivity index (χ1n) is 33.1. The predicted octanol–water partition coefficient (Wildman–Crippen LogP) is 21.0. The molecule has 0 spiro atoms. The van der Waals surface area contributed by atoms with Gasteiger partial charge in [-0.25, -0.2) is 0 Å². The van der Waals surface area contributed by atoms with Crippen molar-refractivity contribution >= 4 is 11.9 Å². The van der Waals surface area contributed by atoms with Crippen LogP contribution in [0.2, 0.25) is 0 Å². The molecular formula is C67H129NO5. The van der Waals surface area contributed by atoms with Crippen LogP contribution in [0, 0.1) is 0 Å². The fraction of sp³-hybridized carbons (Fsp3) is 0.910. The van der Waals surface area contributed by atoms with Crippen molar-refractivity contribution in [2.45, 2.75) is 379 Å². The molecule has 0 rings (SSSR count). The van der Waals surface area contributed by atoms with E-state index in [1.54, 1.807) is 0 Å². The molecule has 6 nitrogen and oxygen atoms in total. The summed E-state index contributed by atoms with van der Waals surface area (Å²) in [6.07, 6.45) is 77.7. The molecule has 0 heterocycles. The van der Waals surface area contributed by atoms with Gasteiger partial charge < -0.3 is 20.3 Å². The summed E-state index contributed by atoms with van der Waals surface area (Å²) in [5, 5.41) is 23.4. The van der Waals surface area contributed by atoms with Crippen molar-refractivity contribution < 1.29 is 24.5 Å². The second-order valence-electron chi connectivity index (χ2n) is 22.8. The molecule has 0 radical (unpaired) electrons. The van der Waals surface area contributed by atoms with Gasteiger partial charge in [-0.05, 0) is 77.0 Å². The van der Waals surface area contributed by atoms with Crippen LogP contribution in [0.25, 0.3) is 0 Å². The van der Waals surface area contributed by atoms with Crippen LogP contribution in [0.15, 0.2) is 24.3 Å². The van der Waals surface area contributed by atoms with Gasteiger partial charge in [-0.1, -0.05) is 301 Å². The van der Waals surface area contributed by atoms with E-state index in [1.807, 2.05) is 0 Å². The van der Waals surface area contributed by atoms with Gasteiger partial charge in [0.2, 0.25) is 5.91 Å². The molecule has 0 saturated heterocycles. The summed E-state index contributed by atoms with van der Waals surface area (Å²) in [6.45, 7) is 4.97. The molecule has 73 heavy (non-hydrogen) atoms. The van der Waals surface area contributed by atoms with Crippen molar-refractivity contribution in [3.05, 3.63) is 24.3 Å². The van der Waals surface area contributed by atoms with Gasteiger partial charge in [0, 0.05) is 12.8 Å². The standard InChI is InChI=1S/C67H129NO5/c1-3-5-7-9-11-13-15-17-19-21-28-31-35-39-43-47-51-55-59-65(70)64(63-69)68-66(71)60-56-52-48-44-40-36-32-29-25-23-22-24-26-30-34-38-42-46-50-54-58-62-73-67(72)61-57-53-49-45-41-37-33-27-20-18-16-14-12-10-8-6-4-2/h18,20,23,25,64-65,69-70H,3-17,19,21-22,24,26-63H2,1-2H3,(H,68,71)/b20-18-,25-23-. The van der Waals surface area contributed by atoms with E-state index in [0.29, 0.717) is 25.9 Å². The maximum absolute atomic E-state index is 12.5. The van der Waals surface area contributed by atoms with Crippen LogP contribution in [-0.4, -0.2) is 47.4 Å². The van der Waals surface area contributed by atoms with E-state index < -0.39 is 12.1 Å². The second kappa shape index (κ2) is 62.9. The Morgan fingerprint density at radius 1 is 0.370 bits per heavy atom. The van der Waals surface area contributed by atoms with Gasteiger partial charge in [0.15, 0.2) is 0 Å². The lowest BCUT2D eigenvalue weighted by Crippen LogP contribution is -2.45. The highest BCUT2D eigenvalue weighted by atomic mass is 16.5. The summed E-state index contributed by atoms with van der Waals surface area (Å²) in [7, 11) is 0. The normalized spacial score (nSPS) is 12.7. The molecule has 0 aromatic heterocycles. The topological polar surface area (TPSA) is 95.9 Å². The molecule has 0 aromatic carbocycles. The maximum Gasteiger partial charge on any atom is 0.305 e. The molecule has 2 atom stereocenters. The molecule has 0 aliphatic rings. The first-order valence-corrected chi connectivity index (χ1v) is 33.1. The molecule has 0 saturated carbocycles. The first kappa shape index (κ1) is 71.3. The van der Waals surface area contributed by atoms with Crippen molar-refractivity contribution in [2.24, 2.45) is 0 Å². The summed E-state index contributed by atoms with van der Waals surface area (Å²) in [6, 6.07) is -0.548. The number of hydrogen-bond acceptors (Lipinski definition) is 5. The van der Waals surface area contributed by atoms with Crippen molar-refractivity contribution in [3.63, 3.8) is 0 Å². The molecule has 0 bridgehead atoms. The van der Waals surface area contributed by atoms with Gasteiger partial charge in [-0.2, -0.15) is 0 Å². The zero-order valence-electron chi connectivity index (χ0n) is 49.4. The van der Waals surface area contributed by atoms with Gasteiger partial charge in [0.25, 0.3) is 0 Å². The Labute approximate surface area is 456 Å². The fourth-order valence-corrected chi connectivity index (χ4v) is 10.4. The lowest BCUT2D eigenvalue weighted by atomic mass is 10.0. The highest BCUT2D eigenvalue weighted by Crippen LogP contribution is 2.18. The van der Waals surface area contributed by atoms with Crippen molar-refractivity contribution in [3.8, 4) is 0 Å². The van der Waals surface area contributed by atoms with Crippen LogP contribution in [0.1, 0.15) is 367 Å². The van der Waals surface area contributed by atoms with Gasteiger partial charge in [-0.15, -0.1) is 0 Å². The quantitative estimate of drug-likeness (QED) is 0.0320. The van der Waals surface area contributed by atoms with E-state index in [4.69, 9.17) is 4.74 Å². The van der Waals surface area contributed by atoms with E-state index in [2.05, 4.69) is 43.5 Å². The van der Waals surface area contributed by atoms with E-state index in [0.717, 1.165) is 44.9 Å². The van der Waals surface area contributed by atoms with Crippen LogP contribution >= 0.6 is 0 Å². The number of amides is 1. The number of unbranched alkanes of at least 4 members (excludes halogenated alkanes) is 47. The molecule has 6 heteroatoms.